The van der Waals surface area contributed by atoms with Gasteiger partial charge in [0.25, 0.3) is 0 Å². The van der Waals surface area contributed by atoms with Gasteiger partial charge >= 0.3 is 0 Å². The lowest BCUT2D eigenvalue weighted by molar-refractivity contribution is 0.705. The van der Waals surface area contributed by atoms with Crippen molar-refractivity contribution in [2.75, 3.05) is 11.4 Å². The number of rotatable bonds is 1. The van der Waals surface area contributed by atoms with Gasteiger partial charge in [-0.15, -0.1) is 0 Å². The predicted octanol–water partition coefficient (Wildman–Crippen LogP) is 2.22. The number of aryl methyl sites for hydroxylation is 1. The minimum atomic E-state index is 0.400. The molecule has 2 aliphatic heterocycles. The SMILES string of the molecule is CC1C=C(N2CCCc3ncccc32)C=CN1. The van der Waals surface area contributed by atoms with Crippen molar-refractivity contribution < 1.29 is 0 Å². The normalized spacial score (nSPS) is 22.8. The Balaban J connectivity index is 1.98. The topological polar surface area (TPSA) is 28.2 Å². The molecule has 2 aliphatic rings. The van der Waals surface area contributed by atoms with Gasteiger partial charge in [0.15, 0.2) is 0 Å². The van der Waals surface area contributed by atoms with Crippen LogP contribution in [0.5, 0.6) is 0 Å². The number of nitrogens with zero attached hydrogens (tertiary/aromatic N) is 2. The van der Waals surface area contributed by atoms with Gasteiger partial charge in [0.2, 0.25) is 0 Å². The first-order valence-corrected chi connectivity index (χ1v) is 6.20. The Morgan fingerprint density at radius 2 is 2.41 bits per heavy atom. The molecule has 0 saturated heterocycles. The molecule has 0 aliphatic carbocycles. The minimum absolute atomic E-state index is 0.400. The number of aromatic nitrogens is 1. The van der Waals surface area contributed by atoms with Gasteiger partial charge in [0.05, 0.1) is 11.4 Å². The first-order chi connectivity index (χ1) is 8.34. The number of hydrogen-bond donors (Lipinski definition) is 1. The molecular formula is C14H17N3. The number of allylic oxidation sites excluding steroid dienone is 1. The van der Waals surface area contributed by atoms with Gasteiger partial charge in [-0.1, -0.05) is 0 Å². The molecule has 1 aromatic rings. The maximum Gasteiger partial charge on any atom is 0.0640 e. The summed E-state index contributed by atoms with van der Waals surface area (Å²) in [4.78, 5) is 6.85. The first kappa shape index (κ1) is 10.4. The average molecular weight is 227 g/mol. The van der Waals surface area contributed by atoms with E-state index in [0.717, 1.165) is 13.0 Å². The Kier molecular flexibility index (Phi) is 2.59. The van der Waals surface area contributed by atoms with E-state index in [2.05, 4.69) is 40.3 Å². The molecule has 0 saturated carbocycles. The van der Waals surface area contributed by atoms with E-state index in [1.165, 1.54) is 23.5 Å². The van der Waals surface area contributed by atoms with Gasteiger partial charge in [0, 0.05) is 24.5 Å². The van der Waals surface area contributed by atoms with Crippen LogP contribution in [0, 0.1) is 0 Å². The Hall–Kier alpha value is -1.77. The van der Waals surface area contributed by atoms with Gasteiger partial charge in [0.1, 0.15) is 0 Å². The second-order valence-corrected chi connectivity index (χ2v) is 4.60. The molecule has 0 radical (unpaired) electrons. The summed E-state index contributed by atoms with van der Waals surface area (Å²) < 4.78 is 0. The molecule has 0 amide bonds. The second-order valence-electron chi connectivity index (χ2n) is 4.60. The van der Waals surface area contributed by atoms with E-state index >= 15 is 0 Å². The predicted molar refractivity (Wildman–Crippen MR) is 69.7 cm³/mol. The number of hydrogen-bond acceptors (Lipinski definition) is 3. The van der Waals surface area contributed by atoms with Crippen LogP contribution < -0.4 is 10.2 Å². The van der Waals surface area contributed by atoms with Crippen LogP contribution in [0.25, 0.3) is 0 Å². The number of pyridine rings is 1. The second kappa shape index (κ2) is 4.24. The molecule has 1 aromatic heterocycles. The fraction of sp³-hybridized carbons (Fsp3) is 0.357. The molecule has 1 N–H and O–H groups in total. The third-order valence-electron chi connectivity index (χ3n) is 3.30. The van der Waals surface area contributed by atoms with Crippen molar-refractivity contribution in [2.45, 2.75) is 25.8 Å². The number of anilines is 1. The molecule has 3 rings (SSSR count). The fourth-order valence-corrected chi connectivity index (χ4v) is 2.49. The van der Waals surface area contributed by atoms with Crippen molar-refractivity contribution in [1.29, 1.82) is 0 Å². The van der Waals surface area contributed by atoms with Crippen LogP contribution in [-0.4, -0.2) is 17.6 Å². The monoisotopic (exact) mass is 227 g/mol. The smallest absolute Gasteiger partial charge is 0.0640 e. The van der Waals surface area contributed by atoms with Gasteiger partial charge < -0.3 is 10.2 Å². The minimum Gasteiger partial charge on any atom is -0.385 e. The number of dihydropyridines is 1. The average Bonchev–Trinajstić information content (AvgIpc) is 2.38. The van der Waals surface area contributed by atoms with Crippen molar-refractivity contribution in [1.82, 2.24) is 10.3 Å². The summed E-state index contributed by atoms with van der Waals surface area (Å²) in [6.07, 6.45) is 10.6. The Morgan fingerprint density at radius 1 is 1.47 bits per heavy atom. The van der Waals surface area contributed by atoms with Crippen molar-refractivity contribution in [3.8, 4) is 0 Å². The van der Waals surface area contributed by atoms with E-state index in [0.29, 0.717) is 6.04 Å². The van der Waals surface area contributed by atoms with Crippen LogP contribution in [0.3, 0.4) is 0 Å². The van der Waals surface area contributed by atoms with E-state index in [4.69, 9.17) is 0 Å². The standard InChI is InChI=1S/C14H17N3/c1-11-10-12(6-8-15-11)17-9-3-4-13-14(17)5-2-7-16-13/h2,5-8,10-11,15H,3-4,9H2,1H3. The van der Waals surface area contributed by atoms with Crippen molar-refractivity contribution in [3.63, 3.8) is 0 Å². The molecule has 1 unspecified atom stereocenters. The molecule has 3 heterocycles. The van der Waals surface area contributed by atoms with Crippen molar-refractivity contribution in [2.24, 2.45) is 0 Å². The first-order valence-electron chi connectivity index (χ1n) is 6.20. The van der Waals surface area contributed by atoms with Gasteiger partial charge in [-0.3, -0.25) is 4.98 Å². The zero-order chi connectivity index (χ0) is 11.7. The molecule has 3 nitrogen and oxygen atoms in total. The zero-order valence-electron chi connectivity index (χ0n) is 10.1. The maximum absolute atomic E-state index is 4.47. The highest BCUT2D eigenvalue weighted by molar-refractivity contribution is 5.59. The summed E-state index contributed by atoms with van der Waals surface area (Å²) in [5.41, 5.74) is 3.77. The lowest BCUT2D eigenvalue weighted by Gasteiger charge is -2.33. The molecule has 3 heteroatoms. The summed E-state index contributed by atoms with van der Waals surface area (Å²) in [6, 6.07) is 4.59. The molecular weight excluding hydrogens is 210 g/mol. The van der Waals surface area contributed by atoms with E-state index < -0.39 is 0 Å². The summed E-state index contributed by atoms with van der Waals surface area (Å²) in [5.74, 6) is 0. The van der Waals surface area contributed by atoms with E-state index in [1.54, 1.807) is 0 Å². The molecule has 0 spiro atoms. The van der Waals surface area contributed by atoms with Crippen LogP contribution in [0.4, 0.5) is 5.69 Å². The molecule has 17 heavy (non-hydrogen) atoms. The maximum atomic E-state index is 4.47. The lowest BCUT2D eigenvalue weighted by Crippen LogP contribution is -2.32. The van der Waals surface area contributed by atoms with E-state index in [1.807, 2.05) is 18.5 Å². The van der Waals surface area contributed by atoms with Crippen LogP contribution >= 0.6 is 0 Å². The van der Waals surface area contributed by atoms with Gasteiger partial charge in [-0.05, 0) is 50.3 Å². The molecule has 0 aromatic carbocycles. The highest BCUT2D eigenvalue weighted by Crippen LogP contribution is 2.29. The summed E-state index contributed by atoms with van der Waals surface area (Å²) in [6.45, 7) is 3.25. The number of fused-ring (bicyclic) bond motifs is 1. The highest BCUT2D eigenvalue weighted by atomic mass is 15.2. The van der Waals surface area contributed by atoms with Crippen molar-refractivity contribution in [3.05, 3.63) is 48.1 Å². The highest BCUT2D eigenvalue weighted by Gasteiger charge is 2.20. The third-order valence-corrected chi connectivity index (χ3v) is 3.30. The van der Waals surface area contributed by atoms with E-state index in [9.17, 15) is 0 Å². The summed E-state index contributed by atoms with van der Waals surface area (Å²) >= 11 is 0. The third kappa shape index (κ3) is 1.93. The lowest BCUT2D eigenvalue weighted by atomic mass is 10.1. The van der Waals surface area contributed by atoms with Crippen LogP contribution in [0.1, 0.15) is 19.0 Å². The Bertz CT molecular complexity index is 476. The molecule has 0 bridgehead atoms. The van der Waals surface area contributed by atoms with Gasteiger partial charge in [-0.2, -0.15) is 0 Å². The van der Waals surface area contributed by atoms with E-state index in [-0.39, 0.29) is 0 Å². The van der Waals surface area contributed by atoms with Crippen LogP contribution in [0.15, 0.2) is 42.4 Å². The number of nitrogens with one attached hydrogen (secondary N) is 1. The quantitative estimate of drug-likeness (QED) is 0.797. The summed E-state index contributed by atoms with van der Waals surface area (Å²) in [5, 5.41) is 3.28. The molecule has 0 fully saturated rings. The largest absolute Gasteiger partial charge is 0.385 e. The summed E-state index contributed by atoms with van der Waals surface area (Å²) in [7, 11) is 0. The molecule has 1 atom stereocenters. The molecule has 88 valence electrons. The zero-order valence-corrected chi connectivity index (χ0v) is 10.1. The van der Waals surface area contributed by atoms with Crippen LogP contribution in [0.2, 0.25) is 0 Å². The Morgan fingerprint density at radius 3 is 3.29 bits per heavy atom. The Labute approximate surface area is 102 Å². The fourth-order valence-electron chi connectivity index (χ4n) is 2.49. The van der Waals surface area contributed by atoms with Gasteiger partial charge in [-0.25, -0.2) is 0 Å². The van der Waals surface area contributed by atoms with Crippen molar-refractivity contribution >= 4 is 5.69 Å². The van der Waals surface area contributed by atoms with Crippen LogP contribution in [-0.2, 0) is 6.42 Å².